The zero-order valence-corrected chi connectivity index (χ0v) is 6.13. The van der Waals surface area contributed by atoms with Gasteiger partial charge in [-0.25, -0.2) is 0 Å². The molecule has 0 fully saturated rings. The molecule has 0 saturated heterocycles. The van der Waals surface area contributed by atoms with E-state index in [0.29, 0.717) is 6.61 Å². The van der Waals surface area contributed by atoms with Crippen LogP contribution in [0, 0.1) is 6.42 Å². The van der Waals surface area contributed by atoms with Crippen LogP contribution in [-0.2, 0) is 4.74 Å². The Morgan fingerprint density at radius 1 is 1.56 bits per heavy atom. The molecular weight excluding hydrogens is 116 g/mol. The summed E-state index contributed by atoms with van der Waals surface area (Å²) >= 11 is 0. The van der Waals surface area contributed by atoms with Gasteiger partial charge < -0.3 is 9.84 Å². The van der Waals surface area contributed by atoms with Gasteiger partial charge in [-0.1, -0.05) is 13.8 Å². The molecule has 9 heavy (non-hydrogen) atoms. The summed E-state index contributed by atoms with van der Waals surface area (Å²) in [6.45, 7) is 4.62. The highest BCUT2D eigenvalue weighted by Crippen LogP contribution is 1.96. The first kappa shape index (κ1) is 8.92. The van der Waals surface area contributed by atoms with Crippen molar-refractivity contribution < 1.29 is 9.84 Å². The number of aliphatic hydroxyl groups is 1. The Bertz CT molecular complexity index is 54.9. The molecule has 0 aliphatic carbocycles. The van der Waals surface area contributed by atoms with E-state index < -0.39 is 6.29 Å². The first-order chi connectivity index (χ1) is 4.31. The second-order valence-electron chi connectivity index (χ2n) is 1.91. The number of ether oxygens (including phenoxy) is 1. The van der Waals surface area contributed by atoms with Crippen LogP contribution < -0.4 is 0 Å². The van der Waals surface area contributed by atoms with Gasteiger partial charge in [-0.2, -0.15) is 0 Å². The third-order valence-electron chi connectivity index (χ3n) is 0.930. The van der Waals surface area contributed by atoms with Crippen molar-refractivity contribution in [3.05, 3.63) is 6.42 Å². The zero-order valence-electron chi connectivity index (χ0n) is 6.13. The van der Waals surface area contributed by atoms with Crippen molar-refractivity contribution in [3.63, 3.8) is 0 Å². The van der Waals surface area contributed by atoms with Gasteiger partial charge in [0.15, 0.2) is 6.29 Å². The van der Waals surface area contributed by atoms with Crippen LogP contribution in [0.3, 0.4) is 0 Å². The van der Waals surface area contributed by atoms with Gasteiger partial charge in [-0.15, -0.1) is 0 Å². The minimum atomic E-state index is -0.657. The van der Waals surface area contributed by atoms with Gasteiger partial charge in [0, 0.05) is 13.0 Å². The second kappa shape index (κ2) is 6.05. The Kier molecular flexibility index (Phi) is 5.99. The second-order valence-corrected chi connectivity index (χ2v) is 1.91. The standard InChI is InChI=1S/C7H15O2/c1-3-5-7(8)9-6-4-2/h5,7-8H,3-4,6H2,1-2H3. The first-order valence-corrected chi connectivity index (χ1v) is 3.44. The molecule has 0 heterocycles. The Hall–Kier alpha value is -0.0800. The highest BCUT2D eigenvalue weighted by atomic mass is 16.6. The van der Waals surface area contributed by atoms with Crippen molar-refractivity contribution in [3.8, 4) is 0 Å². The van der Waals surface area contributed by atoms with Crippen molar-refractivity contribution in [1.82, 2.24) is 0 Å². The molecule has 1 unspecified atom stereocenters. The SMILES string of the molecule is CC[CH]C(O)OCCC. The van der Waals surface area contributed by atoms with Crippen LogP contribution in [0.15, 0.2) is 0 Å². The maximum atomic E-state index is 8.90. The Morgan fingerprint density at radius 3 is 2.67 bits per heavy atom. The molecule has 0 aliphatic heterocycles. The highest BCUT2D eigenvalue weighted by molar-refractivity contribution is 4.63. The molecular formula is C7H15O2. The van der Waals surface area contributed by atoms with E-state index in [9.17, 15) is 0 Å². The van der Waals surface area contributed by atoms with Crippen molar-refractivity contribution >= 4 is 0 Å². The Balaban J connectivity index is 2.95. The highest BCUT2D eigenvalue weighted by Gasteiger charge is 1.99. The lowest BCUT2D eigenvalue weighted by Crippen LogP contribution is -2.12. The third-order valence-corrected chi connectivity index (χ3v) is 0.930. The first-order valence-electron chi connectivity index (χ1n) is 3.44. The fourth-order valence-electron chi connectivity index (χ4n) is 0.508. The Morgan fingerprint density at radius 2 is 2.22 bits per heavy atom. The van der Waals surface area contributed by atoms with Gasteiger partial charge in [0.25, 0.3) is 0 Å². The zero-order chi connectivity index (χ0) is 7.11. The lowest BCUT2D eigenvalue weighted by molar-refractivity contribution is -0.0763. The molecule has 0 rings (SSSR count). The number of hydrogen-bond donors (Lipinski definition) is 1. The average Bonchev–Trinajstić information content (AvgIpc) is 1.85. The van der Waals surface area contributed by atoms with Crippen molar-refractivity contribution in [1.29, 1.82) is 0 Å². The quantitative estimate of drug-likeness (QED) is 0.570. The molecule has 2 nitrogen and oxygen atoms in total. The maximum absolute atomic E-state index is 8.90. The van der Waals surface area contributed by atoms with E-state index in [1.807, 2.05) is 13.8 Å². The van der Waals surface area contributed by atoms with Crippen LogP contribution in [0.5, 0.6) is 0 Å². The molecule has 0 aromatic rings. The molecule has 1 radical (unpaired) electrons. The van der Waals surface area contributed by atoms with Gasteiger partial charge in [0.2, 0.25) is 0 Å². The van der Waals surface area contributed by atoms with Crippen molar-refractivity contribution in [2.24, 2.45) is 0 Å². The lowest BCUT2D eigenvalue weighted by Gasteiger charge is -2.08. The third kappa shape index (κ3) is 5.80. The molecule has 0 saturated carbocycles. The molecule has 0 bridgehead atoms. The Labute approximate surface area is 56.8 Å². The van der Waals surface area contributed by atoms with Crippen LogP contribution in [0.25, 0.3) is 0 Å². The fourth-order valence-corrected chi connectivity index (χ4v) is 0.508. The van der Waals surface area contributed by atoms with Gasteiger partial charge in [0.1, 0.15) is 0 Å². The normalized spacial score (nSPS) is 13.7. The largest absolute Gasteiger partial charge is 0.368 e. The van der Waals surface area contributed by atoms with E-state index >= 15 is 0 Å². The van der Waals surface area contributed by atoms with Gasteiger partial charge in [-0.05, 0) is 12.8 Å². The molecule has 0 aliphatic rings. The van der Waals surface area contributed by atoms with Crippen LogP contribution in [0.2, 0.25) is 0 Å². The van der Waals surface area contributed by atoms with E-state index in [0.717, 1.165) is 12.8 Å². The summed E-state index contributed by atoms with van der Waals surface area (Å²) < 4.78 is 4.93. The number of rotatable bonds is 5. The minimum absolute atomic E-state index is 0.637. The molecule has 0 amide bonds. The summed E-state index contributed by atoms with van der Waals surface area (Å²) in [5, 5.41) is 8.90. The average molecular weight is 131 g/mol. The summed E-state index contributed by atoms with van der Waals surface area (Å²) in [7, 11) is 0. The summed E-state index contributed by atoms with van der Waals surface area (Å²) in [5.41, 5.74) is 0. The predicted molar refractivity (Wildman–Crippen MR) is 36.8 cm³/mol. The predicted octanol–water partition coefficient (Wildman–Crippen LogP) is 1.35. The van der Waals surface area contributed by atoms with Gasteiger partial charge in [-0.3, -0.25) is 0 Å². The monoisotopic (exact) mass is 131 g/mol. The summed E-state index contributed by atoms with van der Waals surface area (Å²) in [4.78, 5) is 0. The minimum Gasteiger partial charge on any atom is -0.368 e. The van der Waals surface area contributed by atoms with Gasteiger partial charge >= 0.3 is 0 Å². The maximum Gasteiger partial charge on any atom is 0.157 e. The van der Waals surface area contributed by atoms with E-state index in [2.05, 4.69) is 0 Å². The van der Waals surface area contributed by atoms with Crippen LogP contribution in [0.4, 0.5) is 0 Å². The van der Waals surface area contributed by atoms with Crippen LogP contribution in [-0.4, -0.2) is 18.0 Å². The molecule has 2 heteroatoms. The number of aliphatic hydroxyl groups excluding tert-OH is 1. The molecule has 1 atom stereocenters. The van der Waals surface area contributed by atoms with E-state index in [-0.39, 0.29) is 0 Å². The van der Waals surface area contributed by atoms with Crippen molar-refractivity contribution in [2.45, 2.75) is 33.0 Å². The van der Waals surface area contributed by atoms with E-state index in [1.165, 1.54) is 0 Å². The summed E-state index contributed by atoms with van der Waals surface area (Å²) in [6, 6.07) is 0. The van der Waals surface area contributed by atoms with Gasteiger partial charge in [0.05, 0.1) is 0 Å². The number of hydrogen-bond acceptors (Lipinski definition) is 2. The molecule has 1 N–H and O–H groups in total. The molecule has 0 aromatic heterocycles. The molecule has 0 aromatic carbocycles. The molecule has 0 spiro atoms. The van der Waals surface area contributed by atoms with Crippen LogP contribution >= 0.6 is 0 Å². The van der Waals surface area contributed by atoms with Crippen LogP contribution in [0.1, 0.15) is 26.7 Å². The summed E-state index contributed by atoms with van der Waals surface area (Å²) in [6.07, 6.45) is 2.88. The van der Waals surface area contributed by atoms with Crippen molar-refractivity contribution in [2.75, 3.05) is 6.61 Å². The van der Waals surface area contributed by atoms with E-state index in [1.54, 1.807) is 6.42 Å². The lowest BCUT2D eigenvalue weighted by atomic mass is 10.3. The fraction of sp³-hybridized carbons (Fsp3) is 0.857. The molecule has 55 valence electrons. The van der Waals surface area contributed by atoms with E-state index in [4.69, 9.17) is 9.84 Å². The topological polar surface area (TPSA) is 29.5 Å². The smallest absolute Gasteiger partial charge is 0.157 e. The summed E-state index contributed by atoms with van der Waals surface area (Å²) in [5.74, 6) is 0.